The molecule has 7 heteroatoms. The Bertz CT molecular complexity index is 908. The van der Waals surface area contributed by atoms with E-state index < -0.39 is 5.97 Å². The van der Waals surface area contributed by atoms with Crippen molar-refractivity contribution in [2.75, 3.05) is 7.11 Å². The van der Waals surface area contributed by atoms with E-state index >= 15 is 0 Å². The van der Waals surface area contributed by atoms with Crippen LogP contribution in [0.4, 0.5) is 0 Å². The maximum Gasteiger partial charge on any atom is 0.335 e. The number of ether oxygens (including phenoxy) is 1. The van der Waals surface area contributed by atoms with Crippen molar-refractivity contribution >= 4 is 17.6 Å². The summed E-state index contributed by atoms with van der Waals surface area (Å²) >= 11 is 5.99. The van der Waals surface area contributed by atoms with Gasteiger partial charge in [-0.15, -0.1) is 0 Å². The number of aryl methyl sites for hydroxylation is 2. The number of benzene rings is 1. The van der Waals surface area contributed by atoms with Crippen molar-refractivity contribution in [1.29, 1.82) is 0 Å². The highest BCUT2D eigenvalue weighted by Crippen LogP contribution is 2.24. The van der Waals surface area contributed by atoms with Gasteiger partial charge in [-0.25, -0.2) is 9.78 Å². The van der Waals surface area contributed by atoms with Crippen LogP contribution in [0.2, 0.25) is 5.02 Å². The van der Waals surface area contributed by atoms with Crippen molar-refractivity contribution in [2.45, 2.75) is 13.0 Å². The highest BCUT2D eigenvalue weighted by Gasteiger charge is 2.12. The maximum absolute atomic E-state index is 11.1. The standard InChI is InChI=1S/C18H16ClN3O3/c1-25-16-11-14(19)3-2-12(16)5-8-22-9-7-21-17(22)15-10-13(18(23)24)4-6-20-15/h2-4,6-7,9-11H,5,8H2,1H3,(H,23,24). The number of hydrogen-bond donors (Lipinski definition) is 1. The number of carbonyl (C=O) groups is 1. The second-order valence-corrected chi connectivity index (χ2v) is 5.82. The number of hydrogen-bond acceptors (Lipinski definition) is 4. The van der Waals surface area contributed by atoms with E-state index in [-0.39, 0.29) is 5.56 Å². The number of imidazole rings is 1. The zero-order valence-electron chi connectivity index (χ0n) is 13.5. The molecular formula is C18H16ClN3O3. The SMILES string of the molecule is COc1cc(Cl)ccc1CCn1ccnc1-c1cc(C(=O)O)ccn1. The molecule has 0 atom stereocenters. The van der Waals surface area contributed by atoms with Crippen LogP contribution in [0.5, 0.6) is 5.75 Å². The average molecular weight is 358 g/mol. The zero-order chi connectivity index (χ0) is 17.8. The van der Waals surface area contributed by atoms with Crippen molar-refractivity contribution in [2.24, 2.45) is 0 Å². The van der Waals surface area contributed by atoms with Crippen molar-refractivity contribution in [3.63, 3.8) is 0 Å². The molecule has 2 heterocycles. The van der Waals surface area contributed by atoms with E-state index in [4.69, 9.17) is 21.4 Å². The van der Waals surface area contributed by atoms with E-state index in [0.717, 1.165) is 11.3 Å². The maximum atomic E-state index is 11.1. The summed E-state index contributed by atoms with van der Waals surface area (Å²) in [6.07, 6.45) is 5.69. The van der Waals surface area contributed by atoms with Crippen molar-refractivity contribution in [3.8, 4) is 17.3 Å². The van der Waals surface area contributed by atoms with Gasteiger partial charge >= 0.3 is 5.97 Å². The Balaban J connectivity index is 1.83. The Hall–Kier alpha value is -2.86. The quantitative estimate of drug-likeness (QED) is 0.730. The van der Waals surface area contributed by atoms with Gasteiger partial charge in [-0.05, 0) is 36.2 Å². The molecule has 128 valence electrons. The number of aromatic carboxylic acids is 1. The van der Waals surface area contributed by atoms with E-state index in [1.54, 1.807) is 19.4 Å². The van der Waals surface area contributed by atoms with Gasteiger partial charge in [0.25, 0.3) is 0 Å². The molecule has 0 amide bonds. The fraction of sp³-hybridized carbons (Fsp3) is 0.167. The van der Waals surface area contributed by atoms with E-state index in [9.17, 15) is 4.79 Å². The molecule has 2 aromatic heterocycles. The van der Waals surface area contributed by atoms with Crippen LogP contribution in [0, 0.1) is 0 Å². The first-order valence-corrected chi connectivity index (χ1v) is 7.99. The summed E-state index contributed by atoms with van der Waals surface area (Å²) in [7, 11) is 1.61. The molecule has 3 rings (SSSR count). The number of nitrogens with zero attached hydrogens (tertiary/aromatic N) is 3. The molecule has 0 spiro atoms. The van der Waals surface area contributed by atoms with Crippen molar-refractivity contribution < 1.29 is 14.6 Å². The van der Waals surface area contributed by atoms with E-state index in [2.05, 4.69) is 9.97 Å². The van der Waals surface area contributed by atoms with Gasteiger partial charge in [0.15, 0.2) is 5.82 Å². The molecule has 0 aliphatic heterocycles. The fourth-order valence-electron chi connectivity index (χ4n) is 2.57. The number of rotatable bonds is 6. The number of halogens is 1. The molecular weight excluding hydrogens is 342 g/mol. The smallest absolute Gasteiger partial charge is 0.335 e. The molecule has 0 bridgehead atoms. The Labute approximate surface area is 149 Å². The van der Waals surface area contributed by atoms with Crippen LogP contribution in [0.25, 0.3) is 11.5 Å². The fourth-order valence-corrected chi connectivity index (χ4v) is 2.74. The van der Waals surface area contributed by atoms with E-state index in [0.29, 0.717) is 29.5 Å². The Morgan fingerprint density at radius 2 is 2.08 bits per heavy atom. The van der Waals surface area contributed by atoms with Crippen LogP contribution < -0.4 is 4.74 Å². The lowest BCUT2D eigenvalue weighted by molar-refractivity contribution is 0.0697. The first-order chi connectivity index (χ1) is 12.1. The van der Waals surface area contributed by atoms with Crippen LogP contribution in [-0.2, 0) is 13.0 Å². The van der Waals surface area contributed by atoms with Gasteiger partial charge in [0.05, 0.1) is 12.7 Å². The topological polar surface area (TPSA) is 77.2 Å². The largest absolute Gasteiger partial charge is 0.496 e. The third-order valence-corrected chi connectivity index (χ3v) is 4.06. The van der Waals surface area contributed by atoms with Crippen molar-refractivity contribution in [1.82, 2.24) is 14.5 Å². The summed E-state index contributed by atoms with van der Waals surface area (Å²) < 4.78 is 7.30. The van der Waals surface area contributed by atoms with Gasteiger partial charge in [0, 0.05) is 30.2 Å². The van der Waals surface area contributed by atoms with Crippen LogP contribution in [-0.4, -0.2) is 32.7 Å². The molecule has 0 aliphatic carbocycles. The summed E-state index contributed by atoms with van der Waals surface area (Å²) in [5, 5.41) is 9.75. The third kappa shape index (κ3) is 3.80. The molecule has 6 nitrogen and oxygen atoms in total. The summed E-state index contributed by atoms with van der Waals surface area (Å²) in [6.45, 7) is 0.645. The molecule has 1 N–H and O–H groups in total. The van der Waals surface area contributed by atoms with Gasteiger partial charge in [-0.2, -0.15) is 0 Å². The lowest BCUT2D eigenvalue weighted by Gasteiger charge is -2.11. The Morgan fingerprint density at radius 3 is 2.84 bits per heavy atom. The van der Waals surface area contributed by atoms with Crippen LogP contribution in [0.15, 0.2) is 48.9 Å². The predicted molar refractivity (Wildman–Crippen MR) is 94.1 cm³/mol. The Morgan fingerprint density at radius 1 is 1.24 bits per heavy atom. The summed E-state index contributed by atoms with van der Waals surface area (Å²) in [5.41, 5.74) is 1.73. The molecule has 0 unspecified atom stereocenters. The second-order valence-electron chi connectivity index (χ2n) is 5.39. The van der Waals surface area contributed by atoms with Gasteiger partial charge in [0.1, 0.15) is 11.4 Å². The monoisotopic (exact) mass is 357 g/mol. The predicted octanol–water partition coefficient (Wildman–Crippen LogP) is 3.55. The first kappa shape index (κ1) is 17.0. The van der Waals surface area contributed by atoms with Crippen LogP contribution >= 0.6 is 11.6 Å². The molecule has 0 fully saturated rings. The molecule has 0 saturated heterocycles. The Kier molecular flexibility index (Phi) is 5.00. The summed E-state index contributed by atoms with van der Waals surface area (Å²) in [4.78, 5) is 19.7. The van der Waals surface area contributed by atoms with Gasteiger partial charge in [-0.3, -0.25) is 4.98 Å². The zero-order valence-corrected chi connectivity index (χ0v) is 14.3. The summed E-state index contributed by atoms with van der Waals surface area (Å²) in [5.74, 6) is 0.365. The minimum atomic E-state index is -0.993. The number of carboxylic acids is 1. The third-order valence-electron chi connectivity index (χ3n) is 3.82. The van der Waals surface area contributed by atoms with Crippen LogP contribution in [0.3, 0.4) is 0 Å². The molecule has 0 radical (unpaired) electrons. The molecule has 1 aromatic carbocycles. The molecule has 3 aromatic rings. The van der Waals surface area contributed by atoms with Gasteiger partial charge in [0.2, 0.25) is 0 Å². The number of pyridine rings is 1. The molecule has 0 aliphatic rings. The van der Waals surface area contributed by atoms with E-state index in [1.165, 1.54) is 18.3 Å². The lowest BCUT2D eigenvalue weighted by atomic mass is 10.1. The number of methoxy groups -OCH3 is 1. The molecule has 0 saturated carbocycles. The number of aromatic nitrogens is 3. The summed E-state index contributed by atoms with van der Waals surface area (Å²) in [6, 6.07) is 8.51. The van der Waals surface area contributed by atoms with Gasteiger partial charge in [-0.1, -0.05) is 17.7 Å². The average Bonchev–Trinajstić information content (AvgIpc) is 3.09. The second kappa shape index (κ2) is 7.36. The normalized spacial score (nSPS) is 10.6. The highest BCUT2D eigenvalue weighted by molar-refractivity contribution is 6.30. The minimum absolute atomic E-state index is 0.180. The number of carboxylic acid groups (broad SMARTS) is 1. The van der Waals surface area contributed by atoms with Crippen LogP contribution in [0.1, 0.15) is 15.9 Å². The van der Waals surface area contributed by atoms with Gasteiger partial charge < -0.3 is 14.4 Å². The first-order valence-electron chi connectivity index (χ1n) is 7.62. The van der Waals surface area contributed by atoms with Crippen molar-refractivity contribution in [3.05, 3.63) is 65.1 Å². The highest BCUT2D eigenvalue weighted by atomic mass is 35.5. The van der Waals surface area contributed by atoms with E-state index in [1.807, 2.05) is 22.9 Å². The minimum Gasteiger partial charge on any atom is -0.496 e. The molecule has 25 heavy (non-hydrogen) atoms. The lowest BCUT2D eigenvalue weighted by Crippen LogP contribution is -2.05.